The molecule has 0 aromatic heterocycles. The third-order valence-electron chi connectivity index (χ3n) is 4.40. The predicted molar refractivity (Wildman–Crippen MR) is 103 cm³/mol. The number of Topliss-reactive ketones (excluding diaryl/α,β-unsaturated/α-hetero) is 1. The van der Waals surface area contributed by atoms with Crippen LogP contribution in [0, 0.1) is 5.92 Å². The number of nitrogens with one attached hydrogen (secondary N) is 1. The van der Waals surface area contributed by atoms with Crippen molar-refractivity contribution in [3.05, 3.63) is 71.8 Å². The molecule has 0 unspecified atom stereocenters. The summed E-state index contributed by atoms with van der Waals surface area (Å²) in [7, 11) is 1.29. The van der Waals surface area contributed by atoms with Crippen LogP contribution in [0.15, 0.2) is 60.7 Å². The standard InChI is InChI=1S/C22H25NO4/c1-16(24)13-14-19(15-17-9-5-3-6-10-17)21(25)23-20(22(26)27-2)18-11-7-4-8-12-18/h3-12,19-20H,13-15H2,1-2H3,(H,23,25)/t19-,20-/m0/s1. The molecule has 27 heavy (non-hydrogen) atoms. The monoisotopic (exact) mass is 367 g/mol. The van der Waals surface area contributed by atoms with Gasteiger partial charge in [-0.1, -0.05) is 60.7 Å². The van der Waals surface area contributed by atoms with E-state index in [0.29, 0.717) is 24.8 Å². The van der Waals surface area contributed by atoms with Gasteiger partial charge in [-0.3, -0.25) is 4.79 Å². The van der Waals surface area contributed by atoms with Crippen molar-refractivity contribution in [2.24, 2.45) is 5.92 Å². The van der Waals surface area contributed by atoms with Crippen molar-refractivity contribution in [3.63, 3.8) is 0 Å². The van der Waals surface area contributed by atoms with Crippen molar-refractivity contribution in [2.75, 3.05) is 7.11 Å². The molecule has 2 atom stereocenters. The molecule has 142 valence electrons. The van der Waals surface area contributed by atoms with E-state index in [1.54, 1.807) is 24.3 Å². The lowest BCUT2D eigenvalue weighted by Crippen LogP contribution is -2.39. The molecule has 0 aliphatic heterocycles. The highest BCUT2D eigenvalue weighted by molar-refractivity contribution is 5.87. The number of ketones is 1. The van der Waals surface area contributed by atoms with Gasteiger partial charge in [0, 0.05) is 12.3 Å². The summed E-state index contributed by atoms with van der Waals surface area (Å²) in [6.45, 7) is 1.51. The number of hydrogen-bond acceptors (Lipinski definition) is 4. The molecule has 0 spiro atoms. The number of methoxy groups -OCH3 is 1. The zero-order valence-electron chi connectivity index (χ0n) is 15.7. The van der Waals surface area contributed by atoms with E-state index >= 15 is 0 Å². The van der Waals surface area contributed by atoms with Crippen LogP contribution >= 0.6 is 0 Å². The van der Waals surface area contributed by atoms with Crippen molar-refractivity contribution >= 4 is 17.7 Å². The minimum absolute atomic E-state index is 0.0356. The van der Waals surface area contributed by atoms with Gasteiger partial charge >= 0.3 is 5.97 Å². The minimum atomic E-state index is -0.876. The summed E-state index contributed by atoms with van der Waals surface area (Å²) < 4.78 is 4.86. The molecule has 1 amide bonds. The quantitative estimate of drug-likeness (QED) is 0.691. The van der Waals surface area contributed by atoms with Crippen LogP contribution in [-0.4, -0.2) is 24.8 Å². The van der Waals surface area contributed by atoms with Gasteiger partial charge in [0.05, 0.1) is 7.11 Å². The lowest BCUT2D eigenvalue weighted by molar-refractivity contribution is -0.146. The molecule has 5 heteroatoms. The van der Waals surface area contributed by atoms with Crippen LogP contribution in [0.1, 0.15) is 36.9 Å². The average Bonchev–Trinajstić information content (AvgIpc) is 2.69. The SMILES string of the molecule is COC(=O)[C@@H](NC(=O)[C@@H](CCC(C)=O)Cc1ccccc1)c1ccccc1. The largest absolute Gasteiger partial charge is 0.467 e. The highest BCUT2D eigenvalue weighted by Crippen LogP contribution is 2.19. The van der Waals surface area contributed by atoms with Crippen molar-refractivity contribution < 1.29 is 19.1 Å². The van der Waals surface area contributed by atoms with Crippen molar-refractivity contribution in [2.45, 2.75) is 32.2 Å². The maximum Gasteiger partial charge on any atom is 0.333 e. The van der Waals surface area contributed by atoms with Gasteiger partial charge in [-0.15, -0.1) is 0 Å². The summed E-state index contributed by atoms with van der Waals surface area (Å²) >= 11 is 0. The van der Waals surface area contributed by atoms with Gasteiger partial charge in [0.25, 0.3) is 0 Å². The smallest absolute Gasteiger partial charge is 0.333 e. The Balaban J connectivity index is 2.18. The molecule has 5 nitrogen and oxygen atoms in total. The van der Waals surface area contributed by atoms with Gasteiger partial charge in [-0.05, 0) is 30.9 Å². The van der Waals surface area contributed by atoms with Gasteiger partial charge in [-0.2, -0.15) is 0 Å². The molecule has 0 aliphatic rings. The molecular weight excluding hydrogens is 342 g/mol. The van der Waals surface area contributed by atoms with E-state index in [0.717, 1.165) is 5.56 Å². The molecular formula is C22H25NO4. The first-order chi connectivity index (χ1) is 13.0. The van der Waals surface area contributed by atoms with Crippen LogP contribution in [0.5, 0.6) is 0 Å². The Hall–Kier alpha value is -2.95. The first-order valence-electron chi connectivity index (χ1n) is 8.97. The molecule has 2 aromatic rings. The average molecular weight is 367 g/mol. The first kappa shape index (κ1) is 20.4. The summed E-state index contributed by atoms with van der Waals surface area (Å²) in [6, 6.07) is 17.7. The van der Waals surface area contributed by atoms with Crippen LogP contribution in [-0.2, 0) is 25.5 Å². The van der Waals surface area contributed by atoms with Crippen LogP contribution in [0.2, 0.25) is 0 Å². The molecule has 1 N–H and O–H groups in total. The molecule has 0 fully saturated rings. The molecule has 0 saturated carbocycles. The molecule has 0 radical (unpaired) electrons. The Morgan fingerprint density at radius 1 is 0.963 bits per heavy atom. The number of esters is 1. The third-order valence-corrected chi connectivity index (χ3v) is 4.40. The number of ether oxygens (including phenoxy) is 1. The number of hydrogen-bond donors (Lipinski definition) is 1. The Bertz CT molecular complexity index is 758. The molecule has 0 bridgehead atoms. The van der Waals surface area contributed by atoms with Gasteiger partial charge in [-0.25, -0.2) is 4.79 Å². The van der Waals surface area contributed by atoms with Crippen LogP contribution < -0.4 is 5.32 Å². The minimum Gasteiger partial charge on any atom is -0.467 e. The van der Waals surface area contributed by atoms with Crippen molar-refractivity contribution in [1.82, 2.24) is 5.32 Å². The van der Waals surface area contributed by atoms with E-state index in [9.17, 15) is 14.4 Å². The van der Waals surface area contributed by atoms with Crippen LogP contribution in [0.4, 0.5) is 0 Å². The van der Waals surface area contributed by atoms with Crippen LogP contribution in [0.25, 0.3) is 0 Å². The van der Waals surface area contributed by atoms with Crippen molar-refractivity contribution in [1.29, 1.82) is 0 Å². The van der Waals surface area contributed by atoms with E-state index in [4.69, 9.17) is 4.74 Å². The number of amides is 1. The second-order valence-corrected chi connectivity index (χ2v) is 6.50. The van der Waals surface area contributed by atoms with E-state index in [1.165, 1.54) is 14.0 Å². The van der Waals surface area contributed by atoms with E-state index < -0.39 is 17.9 Å². The Morgan fingerprint density at radius 3 is 2.11 bits per heavy atom. The Morgan fingerprint density at radius 2 is 1.56 bits per heavy atom. The number of rotatable bonds is 9. The molecule has 0 saturated heterocycles. The zero-order chi connectivity index (χ0) is 19.6. The van der Waals surface area contributed by atoms with Gasteiger partial charge in [0.15, 0.2) is 6.04 Å². The number of carbonyl (C=O) groups is 3. The summed E-state index contributed by atoms with van der Waals surface area (Å²) in [5.41, 5.74) is 1.67. The van der Waals surface area contributed by atoms with Gasteiger partial charge < -0.3 is 14.8 Å². The fraction of sp³-hybridized carbons (Fsp3) is 0.318. The second kappa shape index (κ2) is 10.3. The molecule has 2 rings (SSSR count). The normalized spacial score (nSPS) is 12.7. The number of benzene rings is 2. The third kappa shape index (κ3) is 6.37. The maximum atomic E-state index is 12.9. The summed E-state index contributed by atoms with van der Waals surface area (Å²) in [5.74, 6) is -1.17. The zero-order valence-corrected chi connectivity index (χ0v) is 15.7. The highest BCUT2D eigenvalue weighted by atomic mass is 16.5. The van der Waals surface area contributed by atoms with Gasteiger partial charge in [0.2, 0.25) is 5.91 Å². The first-order valence-corrected chi connectivity index (χ1v) is 8.97. The predicted octanol–water partition coefficient (Wildman–Crippen LogP) is 3.25. The van der Waals surface area contributed by atoms with Crippen LogP contribution in [0.3, 0.4) is 0 Å². The topological polar surface area (TPSA) is 72.5 Å². The Kier molecular flexibility index (Phi) is 7.74. The lowest BCUT2D eigenvalue weighted by atomic mass is 9.92. The maximum absolute atomic E-state index is 12.9. The van der Waals surface area contributed by atoms with Crippen molar-refractivity contribution in [3.8, 4) is 0 Å². The molecule has 0 heterocycles. The summed E-state index contributed by atoms with van der Waals surface area (Å²) in [6.07, 6.45) is 1.25. The van der Waals surface area contributed by atoms with E-state index in [-0.39, 0.29) is 11.7 Å². The lowest BCUT2D eigenvalue weighted by Gasteiger charge is -2.21. The number of carbonyl (C=O) groups excluding carboxylic acids is 3. The van der Waals surface area contributed by atoms with Gasteiger partial charge in [0.1, 0.15) is 5.78 Å². The Labute approximate surface area is 159 Å². The fourth-order valence-corrected chi connectivity index (χ4v) is 2.90. The fourth-order valence-electron chi connectivity index (χ4n) is 2.90. The van der Waals surface area contributed by atoms with E-state index in [1.807, 2.05) is 36.4 Å². The van der Waals surface area contributed by atoms with E-state index in [2.05, 4.69) is 5.32 Å². The molecule has 2 aromatic carbocycles. The highest BCUT2D eigenvalue weighted by Gasteiger charge is 2.27. The second-order valence-electron chi connectivity index (χ2n) is 6.50. The summed E-state index contributed by atoms with van der Waals surface area (Å²) in [5, 5.41) is 2.80. The summed E-state index contributed by atoms with van der Waals surface area (Å²) in [4.78, 5) is 36.6. The molecule has 0 aliphatic carbocycles.